The van der Waals surface area contributed by atoms with Crippen LogP contribution in [0.5, 0.6) is 0 Å². The van der Waals surface area contributed by atoms with Crippen molar-refractivity contribution in [1.82, 2.24) is 9.29 Å². The molecule has 0 fully saturated rings. The average molecular weight is 272 g/mol. The van der Waals surface area contributed by atoms with Crippen molar-refractivity contribution in [3.8, 4) is 0 Å². The zero-order chi connectivity index (χ0) is 13.9. The Morgan fingerprint density at radius 3 is 2.56 bits per heavy atom. The lowest BCUT2D eigenvalue weighted by Gasteiger charge is -2.19. The number of hydrogen-bond acceptors (Lipinski definition) is 4. The number of aliphatic carboxylic acids is 1. The van der Waals surface area contributed by atoms with Gasteiger partial charge in [0.25, 0.3) is 0 Å². The van der Waals surface area contributed by atoms with Gasteiger partial charge >= 0.3 is 5.97 Å². The van der Waals surface area contributed by atoms with Gasteiger partial charge in [-0.05, 0) is 19.1 Å². The number of rotatable bonds is 5. The Hall–Kier alpha value is -1.47. The molecule has 0 aliphatic heterocycles. The van der Waals surface area contributed by atoms with Crippen molar-refractivity contribution in [2.24, 2.45) is 5.92 Å². The van der Waals surface area contributed by atoms with Gasteiger partial charge in [-0.1, -0.05) is 6.92 Å². The third-order valence-corrected chi connectivity index (χ3v) is 4.35. The molecule has 0 aliphatic carbocycles. The second-order valence-electron chi connectivity index (χ2n) is 4.16. The Labute approximate surface area is 106 Å². The van der Waals surface area contributed by atoms with Crippen LogP contribution in [0.15, 0.2) is 23.2 Å². The highest BCUT2D eigenvalue weighted by Crippen LogP contribution is 2.14. The van der Waals surface area contributed by atoms with Gasteiger partial charge in [0.1, 0.15) is 4.90 Å². The fourth-order valence-electron chi connectivity index (χ4n) is 1.35. The van der Waals surface area contributed by atoms with Crippen molar-refractivity contribution < 1.29 is 18.3 Å². The minimum atomic E-state index is -3.68. The van der Waals surface area contributed by atoms with Gasteiger partial charge in [0.2, 0.25) is 10.0 Å². The summed E-state index contributed by atoms with van der Waals surface area (Å²) in [7, 11) is -2.32. The van der Waals surface area contributed by atoms with Gasteiger partial charge in [-0.2, -0.15) is 0 Å². The van der Waals surface area contributed by atoms with E-state index in [1.807, 2.05) is 0 Å². The van der Waals surface area contributed by atoms with Crippen LogP contribution in [-0.4, -0.2) is 42.4 Å². The highest BCUT2D eigenvalue weighted by molar-refractivity contribution is 7.89. The molecule has 0 aromatic carbocycles. The zero-order valence-electron chi connectivity index (χ0n) is 10.5. The number of carbonyl (C=O) groups is 1. The van der Waals surface area contributed by atoms with E-state index in [-0.39, 0.29) is 11.4 Å². The number of pyridine rings is 1. The largest absolute Gasteiger partial charge is 0.481 e. The molecule has 1 aromatic heterocycles. The number of nitrogens with zero attached hydrogens (tertiary/aromatic N) is 2. The molecule has 0 bridgehead atoms. The molecule has 1 heterocycles. The van der Waals surface area contributed by atoms with Crippen molar-refractivity contribution in [2.75, 3.05) is 13.6 Å². The maximum absolute atomic E-state index is 12.1. The number of carboxylic acid groups (broad SMARTS) is 1. The van der Waals surface area contributed by atoms with Gasteiger partial charge in [-0.3, -0.25) is 9.78 Å². The van der Waals surface area contributed by atoms with E-state index < -0.39 is 21.9 Å². The molecule has 6 nitrogen and oxygen atoms in total. The number of hydrogen-bond donors (Lipinski definition) is 1. The minimum Gasteiger partial charge on any atom is -0.481 e. The Morgan fingerprint density at radius 1 is 1.50 bits per heavy atom. The van der Waals surface area contributed by atoms with E-state index in [1.165, 1.54) is 26.2 Å². The second-order valence-corrected chi connectivity index (χ2v) is 6.20. The summed E-state index contributed by atoms with van der Waals surface area (Å²) in [5.41, 5.74) is 0.718. The van der Waals surface area contributed by atoms with Crippen LogP contribution in [-0.2, 0) is 14.8 Å². The van der Waals surface area contributed by atoms with Crippen LogP contribution >= 0.6 is 0 Å². The summed E-state index contributed by atoms with van der Waals surface area (Å²) in [6, 6.07) is 3.06. The molecule has 1 atom stereocenters. The van der Waals surface area contributed by atoms with E-state index in [0.717, 1.165) is 10.00 Å². The Kier molecular flexibility index (Phi) is 4.42. The lowest BCUT2D eigenvalue weighted by Crippen LogP contribution is -2.33. The third-order valence-electron chi connectivity index (χ3n) is 2.54. The highest BCUT2D eigenvalue weighted by Gasteiger charge is 2.24. The topological polar surface area (TPSA) is 87.6 Å². The average Bonchev–Trinajstić information content (AvgIpc) is 2.29. The first-order valence-corrected chi connectivity index (χ1v) is 6.81. The van der Waals surface area contributed by atoms with E-state index >= 15 is 0 Å². The quantitative estimate of drug-likeness (QED) is 0.853. The van der Waals surface area contributed by atoms with Gasteiger partial charge in [0.05, 0.1) is 5.92 Å². The SMILES string of the molecule is Cc1ccc(S(=O)(=O)N(C)CC(C)C(=O)O)cn1. The number of carboxylic acids is 1. The first-order chi connectivity index (χ1) is 8.25. The van der Waals surface area contributed by atoms with Gasteiger partial charge in [0, 0.05) is 25.5 Å². The summed E-state index contributed by atoms with van der Waals surface area (Å²) in [6.07, 6.45) is 1.27. The summed E-state index contributed by atoms with van der Waals surface area (Å²) < 4.78 is 25.2. The molecule has 0 amide bonds. The maximum atomic E-state index is 12.1. The fraction of sp³-hybridized carbons (Fsp3) is 0.455. The maximum Gasteiger partial charge on any atom is 0.307 e. The van der Waals surface area contributed by atoms with E-state index in [4.69, 9.17) is 5.11 Å². The lowest BCUT2D eigenvalue weighted by molar-refractivity contribution is -0.141. The van der Waals surface area contributed by atoms with Crippen molar-refractivity contribution in [1.29, 1.82) is 0 Å². The van der Waals surface area contributed by atoms with Crippen LogP contribution < -0.4 is 0 Å². The van der Waals surface area contributed by atoms with Crippen LogP contribution in [0.25, 0.3) is 0 Å². The number of sulfonamides is 1. The van der Waals surface area contributed by atoms with Gasteiger partial charge < -0.3 is 5.11 Å². The number of aryl methyl sites for hydroxylation is 1. The van der Waals surface area contributed by atoms with E-state index in [9.17, 15) is 13.2 Å². The number of aromatic nitrogens is 1. The third kappa shape index (κ3) is 3.27. The van der Waals surface area contributed by atoms with Crippen molar-refractivity contribution in [3.63, 3.8) is 0 Å². The molecule has 0 saturated heterocycles. The molecule has 0 aliphatic rings. The first kappa shape index (κ1) is 14.6. The predicted molar refractivity (Wildman–Crippen MR) is 65.6 cm³/mol. The molecule has 1 rings (SSSR count). The molecular formula is C11H16N2O4S. The van der Waals surface area contributed by atoms with E-state index in [0.29, 0.717) is 0 Å². The van der Waals surface area contributed by atoms with Crippen LogP contribution in [0.3, 0.4) is 0 Å². The normalized spacial score (nSPS) is 13.6. The fourth-order valence-corrected chi connectivity index (χ4v) is 2.55. The van der Waals surface area contributed by atoms with Crippen molar-refractivity contribution >= 4 is 16.0 Å². The monoisotopic (exact) mass is 272 g/mol. The zero-order valence-corrected chi connectivity index (χ0v) is 11.3. The molecule has 1 unspecified atom stereocenters. The van der Waals surface area contributed by atoms with E-state index in [1.54, 1.807) is 13.0 Å². The summed E-state index contributed by atoms with van der Waals surface area (Å²) >= 11 is 0. The molecule has 7 heteroatoms. The smallest absolute Gasteiger partial charge is 0.307 e. The summed E-state index contributed by atoms with van der Waals surface area (Å²) in [6.45, 7) is 3.14. The van der Waals surface area contributed by atoms with Crippen LogP contribution in [0.2, 0.25) is 0 Å². The molecule has 0 saturated carbocycles. The Balaban J connectivity index is 2.93. The molecule has 1 N–H and O–H groups in total. The second kappa shape index (κ2) is 5.45. The van der Waals surface area contributed by atoms with Gasteiger partial charge in [-0.25, -0.2) is 12.7 Å². The van der Waals surface area contributed by atoms with E-state index in [2.05, 4.69) is 4.98 Å². The molecule has 100 valence electrons. The molecule has 1 aromatic rings. The predicted octanol–water partition coefficient (Wildman–Crippen LogP) is 0.731. The highest BCUT2D eigenvalue weighted by atomic mass is 32.2. The lowest BCUT2D eigenvalue weighted by atomic mass is 10.2. The van der Waals surface area contributed by atoms with Crippen LogP contribution in [0.4, 0.5) is 0 Å². The first-order valence-electron chi connectivity index (χ1n) is 5.37. The Bertz CT molecular complexity index is 524. The van der Waals surface area contributed by atoms with Crippen LogP contribution in [0, 0.1) is 12.8 Å². The molecule has 0 spiro atoms. The van der Waals surface area contributed by atoms with Gasteiger partial charge in [-0.15, -0.1) is 0 Å². The summed E-state index contributed by atoms with van der Waals surface area (Å²) in [5.74, 6) is -1.79. The summed E-state index contributed by atoms with van der Waals surface area (Å²) in [5, 5.41) is 8.77. The molecule has 0 radical (unpaired) electrons. The Morgan fingerprint density at radius 2 is 2.11 bits per heavy atom. The van der Waals surface area contributed by atoms with Crippen molar-refractivity contribution in [2.45, 2.75) is 18.7 Å². The van der Waals surface area contributed by atoms with Crippen molar-refractivity contribution in [3.05, 3.63) is 24.0 Å². The minimum absolute atomic E-state index is 0.0631. The van der Waals surface area contributed by atoms with Gasteiger partial charge in [0.15, 0.2) is 0 Å². The van der Waals surface area contributed by atoms with Crippen LogP contribution in [0.1, 0.15) is 12.6 Å². The standard InChI is InChI=1S/C11H16N2O4S/c1-8(11(14)15)7-13(3)18(16,17)10-5-4-9(2)12-6-10/h4-6,8H,7H2,1-3H3,(H,14,15). The molecule has 18 heavy (non-hydrogen) atoms. The summed E-state index contributed by atoms with van der Waals surface area (Å²) in [4.78, 5) is 14.7. The molecular weight excluding hydrogens is 256 g/mol.